The van der Waals surface area contributed by atoms with Crippen molar-refractivity contribution >= 4 is 28.6 Å². The fourth-order valence-corrected chi connectivity index (χ4v) is 5.84. The average Bonchev–Trinajstić information content (AvgIpc) is 3.53. The third kappa shape index (κ3) is 3.81. The van der Waals surface area contributed by atoms with Crippen LogP contribution in [0.15, 0.2) is 65.7 Å². The van der Waals surface area contributed by atoms with Gasteiger partial charge < -0.3 is 9.47 Å². The SMILES string of the molecule is Cc1nnc2n1-c1sc(CC3COC(c4ccccc4)O3)cc1C(c1ccccc1Cl)=NC2. The Morgan fingerprint density at radius 1 is 1.06 bits per heavy atom. The maximum Gasteiger partial charge on any atom is 0.184 e. The van der Waals surface area contributed by atoms with Crippen molar-refractivity contribution in [2.24, 2.45) is 4.99 Å². The fraction of sp³-hybridized carbons (Fsp3) is 0.240. The Morgan fingerprint density at radius 3 is 2.73 bits per heavy atom. The smallest absolute Gasteiger partial charge is 0.184 e. The monoisotopic (exact) mass is 476 g/mol. The first-order valence-corrected chi connectivity index (χ1v) is 12.0. The highest BCUT2D eigenvalue weighted by molar-refractivity contribution is 7.15. The standard InChI is InChI=1S/C25H21ClN4O2S/c1-15-28-29-22-13-27-23(19-9-5-6-10-21(19)26)20-12-18(33-24(20)30(15)22)11-17-14-31-25(32-17)16-7-3-2-4-8-16/h2-10,12,17,25H,11,13-14H2,1H3. The molecule has 33 heavy (non-hydrogen) atoms. The summed E-state index contributed by atoms with van der Waals surface area (Å²) >= 11 is 8.29. The van der Waals surface area contributed by atoms with E-state index in [9.17, 15) is 0 Å². The number of aliphatic imine (C=N–C) groups is 1. The summed E-state index contributed by atoms with van der Waals surface area (Å²) in [6, 6.07) is 20.1. The van der Waals surface area contributed by atoms with Crippen LogP contribution in [0.2, 0.25) is 5.02 Å². The van der Waals surface area contributed by atoms with Gasteiger partial charge in [0, 0.05) is 33.0 Å². The molecule has 1 fully saturated rings. The molecule has 2 aromatic carbocycles. The van der Waals surface area contributed by atoms with E-state index in [0.29, 0.717) is 18.2 Å². The van der Waals surface area contributed by atoms with Gasteiger partial charge in [-0.15, -0.1) is 21.5 Å². The van der Waals surface area contributed by atoms with Crippen LogP contribution in [0.5, 0.6) is 0 Å². The number of hydrogen-bond acceptors (Lipinski definition) is 6. The predicted octanol–water partition coefficient (Wildman–Crippen LogP) is 5.30. The molecular formula is C25H21ClN4O2S. The van der Waals surface area contributed by atoms with E-state index in [1.54, 1.807) is 11.3 Å². The highest BCUT2D eigenvalue weighted by Crippen LogP contribution is 2.36. The Balaban J connectivity index is 1.35. The van der Waals surface area contributed by atoms with E-state index in [-0.39, 0.29) is 12.4 Å². The van der Waals surface area contributed by atoms with Crippen LogP contribution in [0.3, 0.4) is 0 Å². The first-order valence-electron chi connectivity index (χ1n) is 10.8. The quantitative estimate of drug-likeness (QED) is 0.401. The predicted molar refractivity (Wildman–Crippen MR) is 128 cm³/mol. The summed E-state index contributed by atoms with van der Waals surface area (Å²) in [4.78, 5) is 6.10. The molecule has 2 unspecified atom stereocenters. The molecule has 0 bridgehead atoms. The van der Waals surface area contributed by atoms with E-state index in [2.05, 4.69) is 20.8 Å². The average molecular weight is 477 g/mol. The molecule has 6 nitrogen and oxygen atoms in total. The van der Waals surface area contributed by atoms with E-state index >= 15 is 0 Å². The van der Waals surface area contributed by atoms with E-state index in [4.69, 9.17) is 26.1 Å². The lowest BCUT2D eigenvalue weighted by Crippen LogP contribution is -2.12. The second kappa shape index (κ2) is 8.50. The summed E-state index contributed by atoms with van der Waals surface area (Å²) in [5.41, 5.74) is 3.89. The highest BCUT2D eigenvalue weighted by atomic mass is 35.5. The third-order valence-electron chi connectivity index (χ3n) is 5.87. The van der Waals surface area contributed by atoms with Gasteiger partial charge in [-0.05, 0) is 19.1 Å². The second-order valence-electron chi connectivity index (χ2n) is 8.11. The van der Waals surface area contributed by atoms with Crippen LogP contribution in [0.1, 0.15) is 39.5 Å². The fourth-order valence-electron chi connectivity index (χ4n) is 4.32. The normalized spacial score (nSPS) is 19.6. The van der Waals surface area contributed by atoms with Crippen molar-refractivity contribution in [2.75, 3.05) is 6.61 Å². The lowest BCUT2D eigenvalue weighted by molar-refractivity contribution is -0.0597. The molecule has 0 spiro atoms. The Kier molecular flexibility index (Phi) is 5.34. The van der Waals surface area contributed by atoms with Crippen LogP contribution in [0.4, 0.5) is 0 Å². The van der Waals surface area contributed by atoms with Crippen molar-refractivity contribution in [3.8, 4) is 5.00 Å². The van der Waals surface area contributed by atoms with Gasteiger partial charge in [-0.3, -0.25) is 9.56 Å². The molecule has 8 heteroatoms. The number of aromatic nitrogens is 3. The summed E-state index contributed by atoms with van der Waals surface area (Å²) in [5, 5.41) is 10.4. The van der Waals surface area contributed by atoms with E-state index in [0.717, 1.165) is 45.5 Å². The van der Waals surface area contributed by atoms with Gasteiger partial charge in [0.25, 0.3) is 0 Å². The van der Waals surface area contributed by atoms with Gasteiger partial charge in [-0.25, -0.2) is 0 Å². The van der Waals surface area contributed by atoms with Gasteiger partial charge >= 0.3 is 0 Å². The molecule has 6 rings (SSSR count). The maximum atomic E-state index is 6.56. The van der Waals surface area contributed by atoms with Gasteiger partial charge in [0.1, 0.15) is 17.4 Å². The Labute approximate surface area is 200 Å². The molecule has 1 saturated heterocycles. The molecule has 2 aliphatic rings. The molecule has 0 aliphatic carbocycles. The zero-order valence-corrected chi connectivity index (χ0v) is 19.5. The zero-order valence-electron chi connectivity index (χ0n) is 17.9. The lowest BCUT2D eigenvalue weighted by Gasteiger charge is -2.11. The van der Waals surface area contributed by atoms with Gasteiger partial charge in [0.15, 0.2) is 12.1 Å². The number of rotatable bonds is 4. The molecule has 4 heterocycles. The third-order valence-corrected chi connectivity index (χ3v) is 7.34. The first-order chi connectivity index (χ1) is 16.2. The maximum absolute atomic E-state index is 6.56. The summed E-state index contributed by atoms with van der Waals surface area (Å²) in [5.74, 6) is 1.67. The van der Waals surface area contributed by atoms with Gasteiger partial charge in [-0.1, -0.05) is 60.1 Å². The summed E-state index contributed by atoms with van der Waals surface area (Å²) in [6.45, 7) is 2.99. The Bertz CT molecular complexity index is 1350. The number of hydrogen-bond donors (Lipinski definition) is 0. The zero-order chi connectivity index (χ0) is 22.4. The lowest BCUT2D eigenvalue weighted by atomic mass is 10.0. The van der Waals surface area contributed by atoms with E-state index in [1.807, 2.05) is 61.5 Å². The first kappa shape index (κ1) is 20.7. The second-order valence-corrected chi connectivity index (χ2v) is 9.64. The minimum absolute atomic E-state index is 0.0142. The van der Waals surface area contributed by atoms with Gasteiger partial charge in [0.2, 0.25) is 0 Å². The number of ether oxygens (including phenoxy) is 2. The Morgan fingerprint density at radius 2 is 1.88 bits per heavy atom. The topological polar surface area (TPSA) is 61.5 Å². The summed E-state index contributed by atoms with van der Waals surface area (Å²) in [7, 11) is 0. The van der Waals surface area contributed by atoms with E-state index < -0.39 is 0 Å². The van der Waals surface area contributed by atoms with Crippen LogP contribution < -0.4 is 0 Å². The van der Waals surface area contributed by atoms with Crippen LogP contribution in [-0.2, 0) is 22.4 Å². The van der Waals surface area contributed by atoms with Crippen LogP contribution in [-0.4, -0.2) is 33.2 Å². The van der Waals surface area contributed by atoms with Crippen molar-refractivity contribution in [2.45, 2.75) is 32.3 Å². The largest absolute Gasteiger partial charge is 0.346 e. The van der Waals surface area contributed by atoms with Crippen LogP contribution >= 0.6 is 22.9 Å². The number of halogens is 1. The summed E-state index contributed by atoms with van der Waals surface area (Å²) in [6.07, 6.45) is 0.424. The molecule has 0 N–H and O–H groups in total. The van der Waals surface area contributed by atoms with Crippen molar-refractivity contribution in [1.82, 2.24) is 14.8 Å². The number of aryl methyl sites for hydroxylation is 1. The number of thiophene rings is 1. The Hall–Kier alpha value is -2.84. The molecular weight excluding hydrogens is 456 g/mol. The molecule has 0 amide bonds. The molecule has 2 atom stereocenters. The molecule has 2 aromatic heterocycles. The van der Waals surface area contributed by atoms with Gasteiger partial charge in [0.05, 0.1) is 18.4 Å². The minimum Gasteiger partial charge on any atom is -0.346 e. The van der Waals surface area contributed by atoms with Crippen molar-refractivity contribution in [3.63, 3.8) is 0 Å². The number of benzene rings is 2. The van der Waals surface area contributed by atoms with E-state index in [1.165, 1.54) is 4.88 Å². The van der Waals surface area contributed by atoms with Crippen molar-refractivity contribution in [3.05, 3.63) is 98.9 Å². The molecule has 166 valence electrons. The molecule has 2 aliphatic heterocycles. The molecule has 4 aromatic rings. The van der Waals surface area contributed by atoms with Gasteiger partial charge in [-0.2, -0.15) is 0 Å². The molecule has 0 saturated carbocycles. The summed E-state index contributed by atoms with van der Waals surface area (Å²) < 4.78 is 14.3. The van der Waals surface area contributed by atoms with Crippen molar-refractivity contribution < 1.29 is 9.47 Å². The molecule has 0 radical (unpaired) electrons. The van der Waals surface area contributed by atoms with Crippen LogP contribution in [0, 0.1) is 6.92 Å². The van der Waals surface area contributed by atoms with Crippen LogP contribution in [0.25, 0.3) is 5.00 Å². The number of nitrogens with zero attached hydrogens (tertiary/aromatic N) is 4. The van der Waals surface area contributed by atoms with Crippen molar-refractivity contribution in [1.29, 1.82) is 0 Å². The highest BCUT2D eigenvalue weighted by Gasteiger charge is 2.30. The minimum atomic E-state index is -0.319. The number of fused-ring (bicyclic) bond motifs is 3.